The number of carbonyl (C=O) groups excluding carboxylic acids is 1. The standard InChI is InChI=1S/C8H16N2O2/c1-7(9-2)4-8(5-12-3)10-6-11/h6-7,9H,4-5H2,1-3H3/t7-/m0/s1. The Hall–Kier alpha value is -0.740. The van der Waals surface area contributed by atoms with Gasteiger partial charge >= 0.3 is 0 Å². The predicted octanol–water partition coefficient (Wildman–Crippen LogP) is 0.228. The minimum Gasteiger partial charge on any atom is -0.379 e. The zero-order chi connectivity index (χ0) is 9.40. The van der Waals surface area contributed by atoms with Crippen LogP contribution in [0.3, 0.4) is 0 Å². The summed E-state index contributed by atoms with van der Waals surface area (Å²) in [6.45, 7) is 2.45. The number of carbonyl (C=O) groups is 1. The van der Waals surface area contributed by atoms with Crippen LogP contribution < -0.4 is 5.32 Å². The van der Waals surface area contributed by atoms with Crippen molar-refractivity contribution in [1.82, 2.24) is 5.32 Å². The summed E-state index contributed by atoms with van der Waals surface area (Å²) in [5.74, 6) is 0. The minimum absolute atomic E-state index is 0.318. The summed E-state index contributed by atoms with van der Waals surface area (Å²) in [6, 6.07) is 0.318. The average Bonchev–Trinajstić information content (AvgIpc) is 2.05. The van der Waals surface area contributed by atoms with Crippen molar-refractivity contribution in [3.8, 4) is 0 Å². The third-order valence-electron chi connectivity index (χ3n) is 1.58. The Balaban J connectivity index is 3.94. The maximum absolute atomic E-state index is 10.1. The number of nitrogens with one attached hydrogen (secondary N) is 1. The lowest BCUT2D eigenvalue weighted by Gasteiger charge is -2.10. The molecule has 0 spiro atoms. The van der Waals surface area contributed by atoms with E-state index in [1.54, 1.807) is 7.11 Å². The summed E-state index contributed by atoms with van der Waals surface area (Å²) in [5, 5.41) is 3.06. The first kappa shape index (κ1) is 11.3. The maximum atomic E-state index is 10.1. The van der Waals surface area contributed by atoms with E-state index in [0.717, 1.165) is 12.1 Å². The Kier molecular flexibility index (Phi) is 6.51. The molecule has 0 aliphatic heterocycles. The van der Waals surface area contributed by atoms with E-state index < -0.39 is 0 Å². The SMILES string of the molecule is CN[C@@H](C)CC(COC)=NC=O. The van der Waals surface area contributed by atoms with Crippen LogP contribution in [0.1, 0.15) is 13.3 Å². The molecule has 0 saturated carbocycles. The highest BCUT2D eigenvalue weighted by Crippen LogP contribution is 1.94. The van der Waals surface area contributed by atoms with Crippen molar-refractivity contribution in [2.75, 3.05) is 20.8 Å². The maximum Gasteiger partial charge on any atom is 0.232 e. The molecule has 0 aromatic heterocycles. The van der Waals surface area contributed by atoms with E-state index in [1.165, 1.54) is 0 Å². The molecule has 0 unspecified atom stereocenters. The highest BCUT2D eigenvalue weighted by Gasteiger charge is 2.04. The number of ether oxygens (including phenoxy) is 1. The van der Waals surface area contributed by atoms with Gasteiger partial charge in [-0.25, -0.2) is 4.99 Å². The fourth-order valence-corrected chi connectivity index (χ4v) is 0.846. The Morgan fingerprint density at radius 1 is 1.75 bits per heavy atom. The monoisotopic (exact) mass is 172 g/mol. The molecule has 0 radical (unpaired) electrons. The molecule has 0 aliphatic carbocycles. The number of hydrogen-bond acceptors (Lipinski definition) is 3. The Labute approximate surface area is 73.0 Å². The van der Waals surface area contributed by atoms with Crippen molar-refractivity contribution < 1.29 is 9.53 Å². The van der Waals surface area contributed by atoms with Gasteiger partial charge in [-0.3, -0.25) is 4.79 Å². The van der Waals surface area contributed by atoms with E-state index in [9.17, 15) is 4.79 Å². The third-order valence-corrected chi connectivity index (χ3v) is 1.58. The van der Waals surface area contributed by atoms with Gasteiger partial charge in [0, 0.05) is 25.3 Å². The summed E-state index contributed by atoms with van der Waals surface area (Å²) in [7, 11) is 3.46. The van der Waals surface area contributed by atoms with E-state index >= 15 is 0 Å². The number of amides is 1. The van der Waals surface area contributed by atoms with Crippen molar-refractivity contribution in [1.29, 1.82) is 0 Å². The Morgan fingerprint density at radius 3 is 2.83 bits per heavy atom. The van der Waals surface area contributed by atoms with Gasteiger partial charge in [-0.2, -0.15) is 0 Å². The molecule has 0 bridgehead atoms. The molecule has 70 valence electrons. The molecule has 4 heteroatoms. The van der Waals surface area contributed by atoms with Crippen molar-refractivity contribution in [3.05, 3.63) is 0 Å². The summed E-state index contributed by atoms with van der Waals surface area (Å²) in [6.07, 6.45) is 1.29. The number of methoxy groups -OCH3 is 1. The molecular formula is C8H16N2O2. The molecular weight excluding hydrogens is 156 g/mol. The lowest BCUT2D eigenvalue weighted by atomic mass is 10.1. The zero-order valence-corrected chi connectivity index (χ0v) is 7.83. The number of aliphatic imine (C=N–C) groups is 1. The van der Waals surface area contributed by atoms with Crippen LogP contribution >= 0.6 is 0 Å². The van der Waals surface area contributed by atoms with Crippen LogP contribution in [-0.4, -0.2) is 38.9 Å². The molecule has 1 amide bonds. The summed E-state index contributed by atoms with van der Waals surface area (Å²) in [4.78, 5) is 13.8. The van der Waals surface area contributed by atoms with Gasteiger partial charge < -0.3 is 10.1 Å². The first-order chi connectivity index (χ1) is 5.74. The largest absolute Gasteiger partial charge is 0.379 e. The van der Waals surface area contributed by atoms with Gasteiger partial charge in [0.15, 0.2) is 0 Å². The second-order valence-corrected chi connectivity index (χ2v) is 2.63. The zero-order valence-electron chi connectivity index (χ0n) is 7.83. The van der Waals surface area contributed by atoms with E-state index in [2.05, 4.69) is 10.3 Å². The highest BCUT2D eigenvalue weighted by molar-refractivity contribution is 5.91. The van der Waals surface area contributed by atoms with Crippen molar-refractivity contribution in [3.63, 3.8) is 0 Å². The summed E-state index contributed by atoms with van der Waals surface area (Å²) >= 11 is 0. The van der Waals surface area contributed by atoms with Gasteiger partial charge in [0.25, 0.3) is 0 Å². The van der Waals surface area contributed by atoms with E-state index in [4.69, 9.17) is 4.74 Å². The van der Waals surface area contributed by atoms with Crippen molar-refractivity contribution in [2.24, 2.45) is 4.99 Å². The van der Waals surface area contributed by atoms with Gasteiger partial charge in [-0.05, 0) is 14.0 Å². The fraction of sp³-hybridized carbons (Fsp3) is 0.750. The molecule has 0 aromatic rings. The predicted molar refractivity (Wildman–Crippen MR) is 48.5 cm³/mol. The molecule has 0 saturated heterocycles. The van der Waals surface area contributed by atoms with Crippen molar-refractivity contribution in [2.45, 2.75) is 19.4 Å². The molecule has 4 nitrogen and oxygen atoms in total. The lowest BCUT2D eigenvalue weighted by molar-refractivity contribution is -0.106. The molecule has 0 fully saturated rings. The fourth-order valence-electron chi connectivity index (χ4n) is 0.846. The smallest absolute Gasteiger partial charge is 0.232 e. The average molecular weight is 172 g/mol. The summed E-state index contributed by atoms with van der Waals surface area (Å²) in [5.41, 5.74) is 0.773. The van der Waals surface area contributed by atoms with Crippen LogP contribution in [0, 0.1) is 0 Å². The van der Waals surface area contributed by atoms with Gasteiger partial charge in [0.1, 0.15) is 0 Å². The summed E-state index contributed by atoms with van der Waals surface area (Å²) < 4.78 is 4.88. The van der Waals surface area contributed by atoms with Gasteiger partial charge in [-0.15, -0.1) is 0 Å². The van der Waals surface area contributed by atoms with Gasteiger partial charge in [0.2, 0.25) is 6.41 Å². The molecule has 0 aliphatic rings. The Morgan fingerprint density at radius 2 is 2.42 bits per heavy atom. The second kappa shape index (κ2) is 6.94. The van der Waals surface area contributed by atoms with Gasteiger partial charge in [-0.1, -0.05) is 0 Å². The van der Waals surface area contributed by atoms with Crippen LogP contribution in [0.25, 0.3) is 0 Å². The quantitative estimate of drug-likeness (QED) is 0.461. The molecule has 1 atom stereocenters. The second-order valence-electron chi connectivity index (χ2n) is 2.63. The van der Waals surface area contributed by atoms with Crippen LogP contribution in [0.4, 0.5) is 0 Å². The Bertz CT molecular complexity index is 157. The van der Waals surface area contributed by atoms with Gasteiger partial charge in [0.05, 0.1) is 6.61 Å². The number of nitrogens with zero attached hydrogens (tertiary/aromatic N) is 1. The first-order valence-corrected chi connectivity index (χ1v) is 3.90. The first-order valence-electron chi connectivity index (χ1n) is 3.90. The normalized spacial score (nSPS) is 14.4. The minimum atomic E-state index is 0.318. The van der Waals surface area contributed by atoms with Crippen LogP contribution in [-0.2, 0) is 9.53 Å². The highest BCUT2D eigenvalue weighted by atomic mass is 16.5. The number of hydrogen-bond donors (Lipinski definition) is 1. The molecule has 1 N–H and O–H groups in total. The number of rotatable bonds is 6. The van der Waals surface area contributed by atoms with Crippen molar-refractivity contribution >= 4 is 12.1 Å². The third kappa shape index (κ3) is 4.98. The molecule has 0 rings (SSSR count). The molecule has 0 heterocycles. The van der Waals surface area contributed by atoms with E-state index in [1.807, 2.05) is 14.0 Å². The van der Waals surface area contributed by atoms with E-state index in [0.29, 0.717) is 19.1 Å². The van der Waals surface area contributed by atoms with Crippen LogP contribution in [0.5, 0.6) is 0 Å². The molecule has 12 heavy (non-hydrogen) atoms. The molecule has 0 aromatic carbocycles. The lowest BCUT2D eigenvalue weighted by Crippen LogP contribution is -2.26. The van der Waals surface area contributed by atoms with Crippen LogP contribution in [0.2, 0.25) is 0 Å². The van der Waals surface area contributed by atoms with E-state index in [-0.39, 0.29) is 0 Å². The van der Waals surface area contributed by atoms with Crippen LogP contribution in [0.15, 0.2) is 4.99 Å². The topological polar surface area (TPSA) is 50.7 Å².